The van der Waals surface area contributed by atoms with Gasteiger partial charge in [0.15, 0.2) is 0 Å². The lowest BCUT2D eigenvalue weighted by molar-refractivity contribution is 0.162. The molecular formula is C15H17BrClNO2. The van der Waals surface area contributed by atoms with Crippen LogP contribution in [0.25, 0.3) is 0 Å². The summed E-state index contributed by atoms with van der Waals surface area (Å²) < 4.78 is 11.9. The summed E-state index contributed by atoms with van der Waals surface area (Å²) in [7, 11) is 1.65. The summed E-state index contributed by atoms with van der Waals surface area (Å²) in [4.78, 5) is 0. The third-order valence-electron chi connectivity index (χ3n) is 2.88. The summed E-state index contributed by atoms with van der Waals surface area (Å²) in [5.74, 6) is 1.67. The fourth-order valence-corrected chi connectivity index (χ4v) is 2.98. The fourth-order valence-electron chi connectivity index (χ4n) is 2.10. The molecule has 0 fully saturated rings. The molecule has 1 unspecified atom stereocenters. The zero-order chi connectivity index (χ0) is 14.5. The van der Waals surface area contributed by atoms with E-state index in [-0.39, 0.29) is 6.04 Å². The third kappa shape index (κ3) is 3.85. The molecule has 1 aromatic heterocycles. The van der Waals surface area contributed by atoms with Crippen molar-refractivity contribution < 1.29 is 9.15 Å². The smallest absolute Gasteiger partial charge is 0.129 e. The van der Waals surface area contributed by atoms with Crippen molar-refractivity contribution in [3.8, 4) is 0 Å². The second-order valence-electron chi connectivity index (χ2n) is 4.43. The molecule has 3 nitrogen and oxygen atoms in total. The Morgan fingerprint density at radius 2 is 2.15 bits per heavy atom. The Labute approximate surface area is 132 Å². The standard InChI is InChI=1S/C15H17BrClNO2/c1-3-18-15(10-6-11(16)8-12(17)7-10)14-5-4-13(20-14)9-19-2/h4-8,15,18H,3,9H2,1-2H3. The molecule has 0 amide bonds. The van der Waals surface area contributed by atoms with Crippen LogP contribution in [0.2, 0.25) is 5.02 Å². The molecule has 1 atom stereocenters. The molecule has 0 saturated heterocycles. The lowest BCUT2D eigenvalue weighted by atomic mass is 10.0. The Morgan fingerprint density at radius 3 is 2.80 bits per heavy atom. The molecule has 0 saturated carbocycles. The minimum Gasteiger partial charge on any atom is -0.462 e. The molecule has 0 spiro atoms. The van der Waals surface area contributed by atoms with Crippen molar-refractivity contribution in [3.63, 3.8) is 0 Å². The Kier molecular flexibility index (Phi) is 5.66. The van der Waals surface area contributed by atoms with Gasteiger partial charge < -0.3 is 14.5 Å². The number of rotatable bonds is 6. The van der Waals surface area contributed by atoms with Crippen molar-refractivity contribution in [1.29, 1.82) is 0 Å². The number of hydrogen-bond acceptors (Lipinski definition) is 3. The predicted octanol–water partition coefficient (Wildman–Crippen LogP) is 4.54. The van der Waals surface area contributed by atoms with Crippen LogP contribution in [0.4, 0.5) is 0 Å². The molecular weight excluding hydrogens is 342 g/mol. The van der Waals surface area contributed by atoms with Crippen molar-refractivity contribution >= 4 is 27.5 Å². The molecule has 0 bridgehead atoms. The summed E-state index contributed by atoms with van der Waals surface area (Å²) in [5, 5.41) is 4.11. The van der Waals surface area contributed by atoms with Crippen LogP contribution in [-0.2, 0) is 11.3 Å². The first-order valence-electron chi connectivity index (χ1n) is 6.41. The van der Waals surface area contributed by atoms with Gasteiger partial charge in [0.2, 0.25) is 0 Å². The maximum atomic E-state index is 6.13. The average Bonchev–Trinajstić information content (AvgIpc) is 2.83. The van der Waals surface area contributed by atoms with Crippen molar-refractivity contribution in [2.75, 3.05) is 13.7 Å². The van der Waals surface area contributed by atoms with Crippen LogP contribution in [0, 0.1) is 0 Å². The number of furan rings is 1. The van der Waals surface area contributed by atoms with Gasteiger partial charge >= 0.3 is 0 Å². The zero-order valence-corrected chi connectivity index (χ0v) is 13.8. The first-order valence-corrected chi connectivity index (χ1v) is 7.58. The molecule has 1 heterocycles. The zero-order valence-electron chi connectivity index (χ0n) is 11.5. The average molecular weight is 359 g/mol. The number of halogens is 2. The monoisotopic (exact) mass is 357 g/mol. The topological polar surface area (TPSA) is 34.4 Å². The van der Waals surface area contributed by atoms with Crippen LogP contribution in [0.1, 0.15) is 30.0 Å². The van der Waals surface area contributed by atoms with Crippen LogP contribution in [0.5, 0.6) is 0 Å². The largest absolute Gasteiger partial charge is 0.462 e. The van der Waals surface area contributed by atoms with Gasteiger partial charge in [-0.2, -0.15) is 0 Å². The van der Waals surface area contributed by atoms with E-state index in [9.17, 15) is 0 Å². The van der Waals surface area contributed by atoms with Crippen molar-refractivity contribution in [2.45, 2.75) is 19.6 Å². The summed E-state index contributed by atoms with van der Waals surface area (Å²) in [6.45, 7) is 3.36. The second-order valence-corrected chi connectivity index (χ2v) is 5.78. The van der Waals surface area contributed by atoms with Crippen LogP contribution < -0.4 is 5.32 Å². The molecule has 5 heteroatoms. The van der Waals surface area contributed by atoms with Gasteiger partial charge in [-0.25, -0.2) is 0 Å². The van der Waals surface area contributed by atoms with E-state index in [2.05, 4.69) is 28.2 Å². The van der Waals surface area contributed by atoms with E-state index in [4.69, 9.17) is 20.8 Å². The molecule has 0 radical (unpaired) electrons. The van der Waals surface area contributed by atoms with E-state index in [0.29, 0.717) is 11.6 Å². The van der Waals surface area contributed by atoms with E-state index >= 15 is 0 Å². The van der Waals surface area contributed by atoms with Crippen molar-refractivity contribution in [1.82, 2.24) is 5.32 Å². The van der Waals surface area contributed by atoms with E-state index in [1.165, 1.54) is 0 Å². The summed E-state index contributed by atoms with van der Waals surface area (Å²) in [5.41, 5.74) is 1.06. The number of hydrogen-bond donors (Lipinski definition) is 1. The van der Waals surface area contributed by atoms with Crippen molar-refractivity contribution in [2.24, 2.45) is 0 Å². The quantitative estimate of drug-likeness (QED) is 0.823. The normalized spacial score (nSPS) is 12.6. The van der Waals surface area contributed by atoms with Gasteiger partial charge in [-0.1, -0.05) is 34.5 Å². The van der Waals surface area contributed by atoms with Gasteiger partial charge in [0.25, 0.3) is 0 Å². The maximum Gasteiger partial charge on any atom is 0.129 e. The van der Waals surface area contributed by atoms with E-state index in [1.54, 1.807) is 7.11 Å². The summed E-state index contributed by atoms with van der Waals surface area (Å²) in [6, 6.07) is 9.72. The lowest BCUT2D eigenvalue weighted by Crippen LogP contribution is -2.21. The van der Waals surface area contributed by atoms with Gasteiger partial charge in [-0.05, 0) is 42.4 Å². The highest BCUT2D eigenvalue weighted by molar-refractivity contribution is 9.10. The fraction of sp³-hybridized carbons (Fsp3) is 0.333. The summed E-state index contributed by atoms with van der Waals surface area (Å²) in [6.07, 6.45) is 0. The van der Waals surface area contributed by atoms with Crippen molar-refractivity contribution in [3.05, 3.63) is 56.9 Å². The molecule has 0 aliphatic carbocycles. The minimum atomic E-state index is -0.0272. The highest BCUT2D eigenvalue weighted by Crippen LogP contribution is 2.29. The van der Waals surface area contributed by atoms with Gasteiger partial charge in [0, 0.05) is 16.6 Å². The molecule has 1 N–H and O–H groups in total. The number of benzene rings is 1. The van der Waals surface area contributed by atoms with Gasteiger partial charge in [-0.3, -0.25) is 0 Å². The van der Waals surface area contributed by atoms with E-state index in [0.717, 1.165) is 28.1 Å². The minimum absolute atomic E-state index is 0.0272. The Morgan fingerprint density at radius 1 is 1.35 bits per heavy atom. The van der Waals surface area contributed by atoms with Gasteiger partial charge in [0.05, 0.1) is 6.04 Å². The summed E-state index contributed by atoms with van der Waals surface area (Å²) >= 11 is 9.60. The third-order valence-corrected chi connectivity index (χ3v) is 3.56. The first-order chi connectivity index (χ1) is 9.63. The maximum absolute atomic E-state index is 6.13. The SMILES string of the molecule is CCNC(c1cc(Cl)cc(Br)c1)c1ccc(COC)o1. The molecule has 108 valence electrons. The van der Waals surface area contributed by atoms with Crippen LogP contribution in [-0.4, -0.2) is 13.7 Å². The Bertz CT molecular complexity index is 551. The first kappa shape index (κ1) is 15.6. The molecule has 0 aliphatic heterocycles. The Hall–Kier alpha value is -0.810. The number of nitrogens with one attached hydrogen (secondary N) is 1. The second kappa shape index (κ2) is 7.27. The van der Waals surface area contributed by atoms with Gasteiger partial charge in [0.1, 0.15) is 18.1 Å². The van der Waals surface area contributed by atoms with Crippen LogP contribution >= 0.6 is 27.5 Å². The molecule has 2 rings (SSSR count). The van der Waals surface area contributed by atoms with E-state index in [1.807, 2.05) is 30.3 Å². The molecule has 2 aromatic rings. The molecule has 20 heavy (non-hydrogen) atoms. The Balaban J connectivity index is 2.33. The van der Waals surface area contributed by atoms with Crippen LogP contribution in [0.3, 0.4) is 0 Å². The highest BCUT2D eigenvalue weighted by Gasteiger charge is 2.18. The van der Waals surface area contributed by atoms with Gasteiger partial charge in [-0.15, -0.1) is 0 Å². The van der Waals surface area contributed by atoms with E-state index < -0.39 is 0 Å². The predicted molar refractivity (Wildman–Crippen MR) is 84.1 cm³/mol. The number of methoxy groups -OCH3 is 1. The molecule has 1 aromatic carbocycles. The highest BCUT2D eigenvalue weighted by atomic mass is 79.9. The van der Waals surface area contributed by atoms with Crippen LogP contribution in [0.15, 0.2) is 39.2 Å². The lowest BCUT2D eigenvalue weighted by Gasteiger charge is -2.17. The number of ether oxygens (including phenoxy) is 1. The molecule has 0 aliphatic rings.